The van der Waals surface area contributed by atoms with E-state index in [-0.39, 0.29) is 32.7 Å². The van der Waals surface area contributed by atoms with E-state index in [4.69, 9.17) is 19.5 Å². The van der Waals surface area contributed by atoms with Crippen LogP contribution in [0.1, 0.15) is 40.5 Å². The maximum absolute atomic E-state index is 12.4. The van der Waals surface area contributed by atoms with Crippen molar-refractivity contribution in [3.05, 3.63) is 0 Å². The van der Waals surface area contributed by atoms with Crippen molar-refractivity contribution in [2.24, 2.45) is 11.3 Å². The molecule has 0 heterocycles. The topological polar surface area (TPSA) is 103 Å². The van der Waals surface area contributed by atoms with Crippen LogP contribution in [0.3, 0.4) is 0 Å². The van der Waals surface area contributed by atoms with Crippen LogP contribution in [0.25, 0.3) is 0 Å². The molecular formula is C15H23NO6. The third kappa shape index (κ3) is 4.45. The highest BCUT2D eigenvalue weighted by Gasteiger charge is 2.56. The summed E-state index contributed by atoms with van der Waals surface area (Å²) in [5, 5.41) is 8.81. The molecule has 0 unspecified atom stereocenters. The minimum atomic E-state index is -1.87. The van der Waals surface area contributed by atoms with Crippen LogP contribution in [0.15, 0.2) is 0 Å². The fourth-order valence-corrected chi connectivity index (χ4v) is 2.10. The van der Waals surface area contributed by atoms with Gasteiger partial charge in [-0.15, -0.1) is 0 Å². The molecular weight excluding hydrogens is 290 g/mol. The lowest BCUT2D eigenvalue weighted by Crippen LogP contribution is -2.50. The summed E-state index contributed by atoms with van der Waals surface area (Å²) in [4.78, 5) is 36.8. The van der Waals surface area contributed by atoms with Crippen LogP contribution in [0.4, 0.5) is 0 Å². The van der Waals surface area contributed by atoms with Gasteiger partial charge in [-0.1, -0.05) is 6.92 Å². The predicted molar refractivity (Wildman–Crippen MR) is 76.3 cm³/mol. The van der Waals surface area contributed by atoms with E-state index in [1.807, 2.05) is 6.07 Å². The second kappa shape index (κ2) is 9.77. The third-order valence-corrected chi connectivity index (χ3v) is 3.29. The first-order valence-electron chi connectivity index (χ1n) is 7.30. The number of rotatable bonds is 9. The zero-order chi connectivity index (χ0) is 17.2. The van der Waals surface area contributed by atoms with Crippen LogP contribution < -0.4 is 0 Å². The number of carbonyl (C=O) groups excluding carboxylic acids is 3. The van der Waals surface area contributed by atoms with Gasteiger partial charge in [0.15, 0.2) is 5.41 Å². The maximum atomic E-state index is 12.4. The minimum absolute atomic E-state index is 0.0437. The van der Waals surface area contributed by atoms with Gasteiger partial charge >= 0.3 is 17.9 Å². The van der Waals surface area contributed by atoms with Gasteiger partial charge in [0.2, 0.25) is 0 Å². The van der Waals surface area contributed by atoms with Crippen molar-refractivity contribution in [3.8, 4) is 6.07 Å². The first-order chi connectivity index (χ1) is 10.4. The lowest BCUT2D eigenvalue weighted by Gasteiger charge is -2.32. The van der Waals surface area contributed by atoms with E-state index in [0.717, 1.165) is 0 Å². The summed E-state index contributed by atoms with van der Waals surface area (Å²) >= 11 is 0. The quantitative estimate of drug-likeness (QED) is 0.362. The first kappa shape index (κ1) is 19.9. The second-order valence-corrected chi connectivity index (χ2v) is 4.54. The summed E-state index contributed by atoms with van der Waals surface area (Å²) in [5.74, 6) is -3.56. The van der Waals surface area contributed by atoms with Crippen LogP contribution in [-0.4, -0.2) is 37.7 Å². The summed E-state index contributed by atoms with van der Waals surface area (Å²) in [6.45, 7) is 6.41. The van der Waals surface area contributed by atoms with E-state index in [1.54, 1.807) is 20.8 Å². The normalized spacial score (nSPS) is 12.0. The molecule has 0 saturated heterocycles. The van der Waals surface area contributed by atoms with Crippen molar-refractivity contribution in [3.63, 3.8) is 0 Å². The number of nitrogens with zero attached hydrogens (tertiary/aromatic N) is 1. The maximum Gasteiger partial charge on any atom is 0.324 e. The molecule has 22 heavy (non-hydrogen) atoms. The van der Waals surface area contributed by atoms with E-state index >= 15 is 0 Å². The highest BCUT2D eigenvalue weighted by molar-refractivity contribution is 6.04. The highest BCUT2D eigenvalue weighted by atomic mass is 16.6. The molecule has 124 valence electrons. The molecule has 0 rings (SSSR count). The van der Waals surface area contributed by atoms with E-state index in [9.17, 15) is 14.4 Å². The molecule has 0 amide bonds. The van der Waals surface area contributed by atoms with Gasteiger partial charge in [-0.05, 0) is 27.2 Å². The summed E-state index contributed by atoms with van der Waals surface area (Å²) < 4.78 is 14.8. The lowest BCUT2D eigenvalue weighted by atomic mass is 9.72. The highest BCUT2D eigenvalue weighted by Crippen LogP contribution is 2.37. The van der Waals surface area contributed by atoms with E-state index in [0.29, 0.717) is 0 Å². The van der Waals surface area contributed by atoms with Crippen LogP contribution in [0.2, 0.25) is 0 Å². The average Bonchev–Trinajstić information content (AvgIpc) is 2.48. The lowest BCUT2D eigenvalue weighted by molar-refractivity contribution is -0.183. The van der Waals surface area contributed by atoms with Crippen LogP contribution in [-0.2, 0) is 28.6 Å². The van der Waals surface area contributed by atoms with Crippen molar-refractivity contribution in [2.45, 2.75) is 40.5 Å². The SMILES string of the molecule is CCOC(=O)[C@H](C)C(CCC#N)(C(=O)OCC)C(=O)OCC. The molecule has 0 N–H and O–H groups in total. The van der Waals surface area contributed by atoms with Gasteiger partial charge in [-0.3, -0.25) is 14.4 Å². The Kier molecular flexibility index (Phi) is 8.83. The van der Waals surface area contributed by atoms with Gasteiger partial charge in [0.1, 0.15) is 0 Å². The van der Waals surface area contributed by atoms with E-state index < -0.39 is 29.2 Å². The molecule has 0 aromatic carbocycles. The molecule has 0 aliphatic carbocycles. The molecule has 0 fully saturated rings. The Labute approximate surface area is 130 Å². The number of esters is 3. The molecule has 0 aliphatic heterocycles. The van der Waals surface area contributed by atoms with Gasteiger partial charge in [0.25, 0.3) is 0 Å². The van der Waals surface area contributed by atoms with Crippen molar-refractivity contribution >= 4 is 17.9 Å². The Morgan fingerprint density at radius 3 is 1.82 bits per heavy atom. The number of hydrogen-bond donors (Lipinski definition) is 0. The Bertz CT molecular complexity index is 422. The Morgan fingerprint density at radius 1 is 1.00 bits per heavy atom. The van der Waals surface area contributed by atoms with Crippen molar-refractivity contribution in [2.75, 3.05) is 19.8 Å². The van der Waals surface area contributed by atoms with Crippen molar-refractivity contribution in [1.82, 2.24) is 0 Å². The zero-order valence-electron chi connectivity index (χ0n) is 13.5. The summed E-state index contributed by atoms with van der Waals surface area (Å²) in [7, 11) is 0. The summed E-state index contributed by atoms with van der Waals surface area (Å²) in [6, 6.07) is 1.88. The number of hydrogen-bond acceptors (Lipinski definition) is 7. The zero-order valence-corrected chi connectivity index (χ0v) is 13.5. The van der Waals surface area contributed by atoms with Gasteiger partial charge < -0.3 is 14.2 Å². The van der Waals surface area contributed by atoms with Gasteiger partial charge in [-0.2, -0.15) is 5.26 Å². The van der Waals surface area contributed by atoms with E-state index in [1.165, 1.54) is 6.92 Å². The molecule has 0 aromatic rings. The molecule has 1 atom stereocenters. The van der Waals surface area contributed by atoms with Crippen molar-refractivity contribution < 1.29 is 28.6 Å². The molecule has 0 aromatic heterocycles. The van der Waals surface area contributed by atoms with Crippen LogP contribution >= 0.6 is 0 Å². The molecule has 7 heteroatoms. The third-order valence-electron chi connectivity index (χ3n) is 3.29. The van der Waals surface area contributed by atoms with Crippen molar-refractivity contribution in [1.29, 1.82) is 5.26 Å². The second-order valence-electron chi connectivity index (χ2n) is 4.54. The largest absolute Gasteiger partial charge is 0.466 e. The van der Waals surface area contributed by atoms with E-state index in [2.05, 4.69) is 0 Å². The molecule has 0 radical (unpaired) electrons. The average molecular weight is 313 g/mol. The minimum Gasteiger partial charge on any atom is -0.466 e. The summed E-state index contributed by atoms with van der Waals surface area (Å²) in [5.41, 5.74) is -1.87. The number of nitriles is 1. The number of carbonyl (C=O) groups is 3. The standard InChI is InChI=1S/C15H23NO6/c1-5-20-12(17)11(4)15(9-8-10-16,13(18)21-6-2)14(19)22-7-3/h11H,5-9H2,1-4H3/t11-/m0/s1. The van der Waals surface area contributed by atoms with Crippen LogP contribution in [0.5, 0.6) is 0 Å². The van der Waals surface area contributed by atoms with Gasteiger partial charge in [-0.25, -0.2) is 0 Å². The smallest absolute Gasteiger partial charge is 0.324 e. The molecule has 0 bridgehead atoms. The molecule has 7 nitrogen and oxygen atoms in total. The predicted octanol–water partition coefficient (Wildman–Crippen LogP) is 1.60. The molecule has 0 saturated carbocycles. The monoisotopic (exact) mass is 313 g/mol. The van der Waals surface area contributed by atoms with Gasteiger partial charge in [0.05, 0.1) is 31.8 Å². The first-order valence-corrected chi connectivity index (χ1v) is 7.30. The summed E-state index contributed by atoms with van der Waals surface area (Å²) in [6.07, 6.45) is -0.261. The Hall–Kier alpha value is -2.10. The molecule has 0 aliphatic rings. The fourth-order valence-electron chi connectivity index (χ4n) is 2.10. The fraction of sp³-hybridized carbons (Fsp3) is 0.733. The number of ether oxygens (including phenoxy) is 3. The molecule has 0 spiro atoms. The van der Waals surface area contributed by atoms with Gasteiger partial charge in [0, 0.05) is 6.42 Å². The van der Waals surface area contributed by atoms with Crippen LogP contribution in [0, 0.1) is 22.7 Å². The Morgan fingerprint density at radius 2 is 1.45 bits per heavy atom. The Balaban J connectivity index is 5.82.